The summed E-state index contributed by atoms with van der Waals surface area (Å²) in [5.41, 5.74) is 0.589. The number of ether oxygens (including phenoxy) is 2. The molecule has 1 fully saturated rings. The first kappa shape index (κ1) is 23.3. The van der Waals surface area contributed by atoms with Crippen molar-refractivity contribution in [1.82, 2.24) is 20.2 Å². The Balaban J connectivity index is 1.59. The van der Waals surface area contributed by atoms with Gasteiger partial charge in [-0.2, -0.15) is 0 Å². The molecule has 13 heteroatoms. The van der Waals surface area contributed by atoms with Crippen molar-refractivity contribution in [1.29, 1.82) is 0 Å². The molecule has 2 N–H and O–H groups in total. The van der Waals surface area contributed by atoms with E-state index in [1.807, 2.05) is 0 Å². The van der Waals surface area contributed by atoms with Crippen molar-refractivity contribution >= 4 is 51.6 Å². The average Bonchev–Trinajstić information content (AvgIpc) is 3.59. The summed E-state index contributed by atoms with van der Waals surface area (Å²) in [5.74, 6) is -1.25. The Morgan fingerprint density at radius 2 is 1.97 bits per heavy atom. The standard InChI is InChI=1S/C21H19N5O6S2/c1-31-12-5-3-11(4-6-12)16-18(28)26(21(30)24-16)14(9-15-22-7-8-33-15)17(27)25-20-23-13(10-34-20)19(29)32-2/h3-8,10,14,16H,9H2,1-2H3,(H,24,30)(H,23,25,27)/t14-,16+/m0/s1. The largest absolute Gasteiger partial charge is 0.497 e. The van der Waals surface area contributed by atoms with E-state index >= 15 is 0 Å². The quantitative estimate of drug-likeness (QED) is 0.354. The zero-order chi connectivity index (χ0) is 24.2. The first-order chi connectivity index (χ1) is 16.4. The van der Waals surface area contributed by atoms with Crippen molar-refractivity contribution in [3.8, 4) is 5.75 Å². The van der Waals surface area contributed by atoms with Gasteiger partial charge in [-0.15, -0.1) is 22.7 Å². The van der Waals surface area contributed by atoms with Gasteiger partial charge in [-0.3, -0.25) is 9.59 Å². The maximum Gasteiger partial charge on any atom is 0.357 e. The summed E-state index contributed by atoms with van der Waals surface area (Å²) in [7, 11) is 2.75. The summed E-state index contributed by atoms with van der Waals surface area (Å²) >= 11 is 2.32. The number of amides is 4. The molecule has 3 aromatic rings. The summed E-state index contributed by atoms with van der Waals surface area (Å²) in [5, 5.41) is 9.10. The number of carbonyl (C=O) groups is 4. The highest BCUT2D eigenvalue weighted by Gasteiger charge is 2.45. The molecule has 0 bridgehead atoms. The highest BCUT2D eigenvalue weighted by atomic mass is 32.1. The molecule has 2 aromatic heterocycles. The average molecular weight is 502 g/mol. The van der Waals surface area contributed by atoms with Gasteiger partial charge in [-0.25, -0.2) is 24.5 Å². The van der Waals surface area contributed by atoms with Crippen LogP contribution in [-0.4, -0.2) is 58.9 Å². The Kier molecular flexibility index (Phi) is 6.84. The van der Waals surface area contributed by atoms with Gasteiger partial charge in [0.15, 0.2) is 10.8 Å². The predicted molar refractivity (Wildman–Crippen MR) is 123 cm³/mol. The number of thiazole rings is 2. The van der Waals surface area contributed by atoms with Gasteiger partial charge in [0, 0.05) is 23.4 Å². The van der Waals surface area contributed by atoms with E-state index in [-0.39, 0.29) is 17.2 Å². The number of imide groups is 1. The van der Waals surface area contributed by atoms with Gasteiger partial charge in [0.1, 0.15) is 17.8 Å². The van der Waals surface area contributed by atoms with E-state index in [1.165, 1.54) is 30.9 Å². The molecule has 1 saturated heterocycles. The van der Waals surface area contributed by atoms with Crippen LogP contribution in [0.25, 0.3) is 0 Å². The zero-order valence-electron chi connectivity index (χ0n) is 18.0. The number of anilines is 1. The fourth-order valence-electron chi connectivity index (χ4n) is 3.35. The van der Waals surface area contributed by atoms with Gasteiger partial charge in [0.2, 0.25) is 5.91 Å². The number of nitrogens with zero attached hydrogens (tertiary/aromatic N) is 3. The van der Waals surface area contributed by atoms with Gasteiger partial charge in [-0.1, -0.05) is 12.1 Å². The van der Waals surface area contributed by atoms with Gasteiger partial charge in [0.25, 0.3) is 5.91 Å². The van der Waals surface area contributed by atoms with Crippen LogP contribution in [0.15, 0.2) is 41.2 Å². The maximum absolute atomic E-state index is 13.3. The summed E-state index contributed by atoms with van der Waals surface area (Å²) in [6, 6.07) is 3.87. The summed E-state index contributed by atoms with van der Waals surface area (Å²) in [6.07, 6.45) is 1.59. The molecule has 4 rings (SSSR count). The number of nitrogens with one attached hydrogen (secondary N) is 2. The number of urea groups is 1. The Morgan fingerprint density at radius 3 is 2.62 bits per heavy atom. The monoisotopic (exact) mass is 501 g/mol. The minimum atomic E-state index is -1.19. The molecular weight excluding hydrogens is 482 g/mol. The molecule has 1 aromatic carbocycles. The molecule has 3 heterocycles. The molecule has 1 aliphatic rings. The summed E-state index contributed by atoms with van der Waals surface area (Å²) < 4.78 is 9.76. The lowest BCUT2D eigenvalue weighted by Gasteiger charge is -2.23. The van der Waals surface area contributed by atoms with Crippen LogP contribution < -0.4 is 15.4 Å². The van der Waals surface area contributed by atoms with Gasteiger partial charge >= 0.3 is 12.0 Å². The van der Waals surface area contributed by atoms with Crippen LogP contribution in [0.4, 0.5) is 9.93 Å². The number of hydrogen-bond acceptors (Lipinski definition) is 10. The van der Waals surface area contributed by atoms with Crippen molar-refractivity contribution in [2.24, 2.45) is 0 Å². The summed E-state index contributed by atoms with van der Waals surface area (Å²) in [4.78, 5) is 60.1. The molecule has 34 heavy (non-hydrogen) atoms. The smallest absolute Gasteiger partial charge is 0.357 e. The molecule has 2 atom stereocenters. The van der Waals surface area contributed by atoms with Crippen molar-refractivity contribution in [2.75, 3.05) is 19.5 Å². The second-order valence-electron chi connectivity index (χ2n) is 7.03. The van der Waals surface area contributed by atoms with E-state index in [1.54, 1.807) is 35.8 Å². The maximum atomic E-state index is 13.3. The first-order valence-corrected chi connectivity index (χ1v) is 11.7. The Hall–Kier alpha value is -3.84. The van der Waals surface area contributed by atoms with Crippen LogP contribution in [0.3, 0.4) is 0 Å². The third-order valence-electron chi connectivity index (χ3n) is 5.01. The number of aromatic nitrogens is 2. The second-order valence-corrected chi connectivity index (χ2v) is 8.87. The number of methoxy groups -OCH3 is 2. The summed E-state index contributed by atoms with van der Waals surface area (Å²) in [6.45, 7) is 0. The minimum absolute atomic E-state index is 0.0211. The molecule has 0 unspecified atom stereocenters. The third kappa shape index (κ3) is 4.75. The number of hydrogen-bond donors (Lipinski definition) is 2. The van der Waals surface area contributed by atoms with Gasteiger partial charge in [-0.05, 0) is 17.7 Å². The third-order valence-corrected chi connectivity index (χ3v) is 6.57. The molecule has 0 aliphatic carbocycles. The Bertz CT molecular complexity index is 1210. The van der Waals surface area contributed by atoms with E-state index < -0.39 is 35.9 Å². The predicted octanol–water partition coefficient (Wildman–Crippen LogP) is 2.24. The molecule has 1 aliphatic heterocycles. The highest BCUT2D eigenvalue weighted by Crippen LogP contribution is 2.27. The van der Waals surface area contributed by atoms with E-state index in [9.17, 15) is 19.2 Å². The van der Waals surface area contributed by atoms with E-state index in [4.69, 9.17) is 4.74 Å². The SMILES string of the molecule is COC(=O)c1csc(NC(=O)[C@H](Cc2nccs2)N2C(=O)N[C@H](c3ccc(OC)cc3)C2=O)n1. The van der Waals surface area contributed by atoms with Crippen LogP contribution in [0, 0.1) is 0 Å². The van der Waals surface area contributed by atoms with Crippen LogP contribution in [0.5, 0.6) is 5.75 Å². The van der Waals surface area contributed by atoms with Crippen LogP contribution in [-0.2, 0) is 20.7 Å². The fraction of sp³-hybridized carbons (Fsp3) is 0.238. The van der Waals surface area contributed by atoms with E-state index in [0.29, 0.717) is 16.3 Å². The minimum Gasteiger partial charge on any atom is -0.497 e. The van der Waals surface area contributed by atoms with Crippen LogP contribution >= 0.6 is 22.7 Å². The number of benzene rings is 1. The van der Waals surface area contributed by atoms with Crippen molar-refractivity contribution in [2.45, 2.75) is 18.5 Å². The number of carbonyl (C=O) groups excluding carboxylic acids is 4. The van der Waals surface area contributed by atoms with Crippen LogP contribution in [0.2, 0.25) is 0 Å². The molecule has 4 amide bonds. The van der Waals surface area contributed by atoms with Crippen LogP contribution in [0.1, 0.15) is 27.1 Å². The van der Waals surface area contributed by atoms with Crippen molar-refractivity contribution < 1.29 is 28.7 Å². The van der Waals surface area contributed by atoms with Crippen molar-refractivity contribution in [3.05, 3.63) is 57.5 Å². The topological polar surface area (TPSA) is 140 Å². The molecule has 176 valence electrons. The molecule has 0 spiro atoms. The molecule has 0 saturated carbocycles. The van der Waals surface area contributed by atoms with E-state index in [2.05, 4.69) is 25.3 Å². The molecular formula is C21H19N5O6S2. The first-order valence-electron chi connectivity index (χ1n) is 9.92. The lowest BCUT2D eigenvalue weighted by atomic mass is 10.1. The molecule has 11 nitrogen and oxygen atoms in total. The zero-order valence-corrected chi connectivity index (χ0v) is 19.6. The highest BCUT2D eigenvalue weighted by molar-refractivity contribution is 7.14. The normalized spacial score (nSPS) is 16.2. The Morgan fingerprint density at radius 1 is 1.21 bits per heavy atom. The lowest BCUT2D eigenvalue weighted by molar-refractivity contribution is -0.134. The Labute approximate surface area is 201 Å². The second kappa shape index (κ2) is 9.97. The lowest BCUT2D eigenvalue weighted by Crippen LogP contribution is -2.49. The van der Waals surface area contributed by atoms with E-state index in [0.717, 1.165) is 16.2 Å². The van der Waals surface area contributed by atoms with Gasteiger partial charge < -0.3 is 20.1 Å². The fourth-order valence-corrected chi connectivity index (χ4v) is 4.69. The van der Waals surface area contributed by atoms with Crippen molar-refractivity contribution in [3.63, 3.8) is 0 Å². The molecule has 0 radical (unpaired) electrons. The number of esters is 1. The van der Waals surface area contributed by atoms with Gasteiger partial charge in [0.05, 0.1) is 19.2 Å². The number of rotatable bonds is 8.